The number of thiocarbonyl (C=S) groups is 1. The van der Waals surface area contributed by atoms with Crippen LogP contribution in [0.4, 0.5) is 5.69 Å². The maximum absolute atomic E-state index is 5.91. The zero-order valence-electron chi connectivity index (χ0n) is 19.9. The summed E-state index contributed by atoms with van der Waals surface area (Å²) in [6.07, 6.45) is 2.87. The van der Waals surface area contributed by atoms with Crippen molar-refractivity contribution in [2.75, 3.05) is 4.90 Å². The first-order valence-electron chi connectivity index (χ1n) is 11.9. The van der Waals surface area contributed by atoms with Gasteiger partial charge in [0.2, 0.25) is 0 Å². The van der Waals surface area contributed by atoms with E-state index in [0.29, 0.717) is 0 Å². The highest BCUT2D eigenvalue weighted by Gasteiger charge is 2.42. The predicted molar refractivity (Wildman–Crippen MR) is 143 cm³/mol. The zero-order chi connectivity index (χ0) is 23.7. The van der Waals surface area contributed by atoms with Crippen molar-refractivity contribution < 1.29 is 0 Å². The molecular formula is C29H30N4S. The van der Waals surface area contributed by atoms with Crippen LogP contribution in [-0.2, 0) is 13.0 Å². The van der Waals surface area contributed by atoms with Crippen LogP contribution in [-0.4, -0.2) is 14.7 Å². The Hall–Kier alpha value is -3.44. The van der Waals surface area contributed by atoms with Crippen LogP contribution in [0.15, 0.2) is 85.1 Å². The summed E-state index contributed by atoms with van der Waals surface area (Å²) in [4.78, 5) is 6.96. The maximum atomic E-state index is 5.91. The fourth-order valence-electron chi connectivity index (χ4n) is 4.98. The lowest BCUT2D eigenvalue weighted by molar-refractivity contribution is 0.563. The Labute approximate surface area is 207 Å². The third kappa shape index (κ3) is 4.12. The summed E-state index contributed by atoms with van der Waals surface area (Å²) in [5, 5.41) is 4.32. The molecule has 2 atom stereocenters. The second-order valence-electron chi connectivity index (χ2n) is 8.91. The molecular weight excluding hydrogens is 436 g/mol. The van der Waals surface area contributed by atoms with E-state index in [1.807, 2.05) is 18.3 Å². The van der Waals surface area contributed by atoms with Crippen molar-refractivity contribution in [1.29, 1.82) is 0 Å². The number of hydrogen-bond donors (Lipinski definition) is 1. The van der Waals surface area contributed by atoms with Crippen molar-refractivity contribution in [3.8, 4) is 0 Å². The van der Waals surface area contributed by atoms with E-state index in [1.165, 1.54) is 28.1 Å². The molecule has 2 aromatic heterocycles. The Morgan fingerprint density at radius 1 is 0.912 bits per heavy atom. The summed E-state index contributed by atoms with van der Waals surface area (Å²) in [7, 11) is 0. The van der Waals surface area contributed by atoms with Crippen molar-refractivity contribution in [3.05, 3.63) is 119 Å². The number of aryl methyl sites for hydroxylation is 2. The van der Waals surface area contributed by atoms with Crippen LogP contribution in [0.5, 0.6) is 0 Å². The minimum Gasteiger partial charge on any atom is -0.351 e. The van der Waals surface area contributed by atoms with Gasteiger partial charge in [-0.1, -0.05) is 55.5 Å². The average molecular weight is 467 g/mol. The number of hydrogen-bond acceptors (Lipinski definition) is 2. The fraction of sp³-hybridized carbons (Fsp3) is 0.241. The molecule has 4 nitrogen and oxygen atoms in total. The third-order valence-electron chi connectivity index (χ3n) is 6.84. The molecule has 0 amide bonds. The normalized spacial score (nSPS) is 17.7. The Morgan fingerprint density at radius 2 is 1.65 bits per heavy atom. The van der Waals surface area contributed by atoms with Gasteiger partial charge in [-0.2, -0.15) is 0 Å². The molecule has 0 saturated carbocycles. The summed E-state index contributed by atoms with van der Waals surface area (Å²) in [5.74, 6) is 0. The number of pyridine rings is 1. The molecule has 1 aliphatic heterocycles. The third-order valence-corrected chi connectivity index (χ3v) is 7.15. The number of nitrogens with one attached hydrogen (secondary N) is 1. The molecule has 1 aliphatic rings. The van der Waals surface area contributed by atoms with Crippen molar-refractivity contribution in [3.63, 3.8) is 0 Å². The number of rotatable bonds is 6. The highest BCUT2D eigenvalue weighted by Crippen LogP contribution is 2.43. The van der Waals surface area contributed by atoms with Crippen LogP contribution < -0.4 is 10.2 Å². The number of benzene rings is 2. The van der Waals surface area contributed by atoms with Gasteiger partial charge in [0.1, 0.15) is 0 Å². The molecule has 0 radical (unpaired) electrons. The van der Waals surface area contributed by atoms with Gasteiger partial charge in [0.25, 0.3) is 0 Å². The lowest BCUT2D eigenvalue weighted by Gasteiger charge is -2.28. The Morgan fingerprint density at radius 3 is 2.32 bits per heavy atom. The first-order chi connectivity index (χ1) is 16.6. The zero-order valence-corrected chi connectivity index (χ0v) is 20.7. The van der Waals surface area contributed by atoms with Crippen LogP contribution >= 0.6 is 12.2 Å². The Balaban J connectivity index is 1.61. The molecule has 0 aliphatic carbocycles. The molecule has 2 aromatic carbocycles. The quantitative estimate of drug-likeness (QED) is 0.339. The van der Waals surface area contributed by atoms with Gasteiger partial charge in [0, 0.05) is 29.8 Å². The predicted octanol–water partition coefficient (Wildman–Crippen LogP) is 6.29. The molecule has 5 heteroatoms. The minimum atomic E-state index is -0.0368. The lowest BCUT2D eigenvalue weighted by atomic mass is 9.96. The van der Waals surface area contributed by atoms with E-state index in [1.54, 1.807) is 0 Å². The van der Waals surface area contributed by atoms with E-state index in [4.69, 9.17) is 17.2 Å². The SMILES string of the molecule is CCc1ccc(N2C(=S)N[C@@H](c3ccccn3)[C@H]2c2cc(C)n(Cc3ccccc3)c2C)cc1. The van der Waals surface area contributed by atoms with E-state index >= 15 is 0 Å². The van der Waals surface area contributed by atoms with Gasteiger partial charge in [0.15, 0.2) is 5.11 Å². The van der Waals surface area contributed by atoms with Crippen molar-refractivity contribution in [1.82, 2.24) is 14.9 Å². The summed E-state index contributed by atoms with van der Waals surface area (Å²) >= 11 is 5.91. The van der Waals surface area contributed by atoms with E-state index < -0.39 is 0 Å². The van der Waals surface area contributed by atoms with Crippen molar-refractivity contribution >= 4 is 23.0 Å². The van der Waals surface area contributed by atoms with E-state index in [9.17, 15) is 0 Å². The molecule has 1 N–H and O–H groups in total. The van der Waals surface area contributed by atoms with E-state index in [0.717, 1.165) is 29.5 Å². The monoisotopic (exact) mass is 466 g/mol. The van der Waals surface area contributed by atoms with Gasteiger partial charge < -0.3 is 14.8 Å². The van der Waals surface area contributed by atoms with Gasteiger partial charge in [-0.25, -0.2) is 0 Å². The largest absolute Gasteiger partial charge is 0.351 e. The summed E-state index contributed by atoms with van der Waals surface area (Å²) < 4.78 is 2.40. The molecule has 0 spiro atoms. The van der Waals surface area contributed by atoms with E-state index in [2.05, 4.69) is 102 Å². The summed E-state index contributed by atoms with van der Waals surface area (Å²) in [6.45, 7) is 7.44. The smallest absolute Gasteiger partial charge is 0.174 e. The Bertz CT molecular complexity index is 1280. The second kappa shape index (κ2) is 9.43. The summed E-state index contributed by atoms with van der Waals surface area (Å²) in [5.41, 5.74) is 8.49. The number of anilines is 1. The van der Waals surface area contributed by atoms with Crippen LogP contribution in [0, 0.1) is 13.8 Å². The molecule has 0 unspecified atom stereocenters. The standard InChI is InChI=1S/C29H30N4S/c1-4-22-13-15-24(16-14-22)33-28(27(31-29(33)34)26-12-8-9-17-30-26)25-18-20(2)32(21(25)3)19-23-10-6-5-7-11-23/h5-18,27-28H,4,19H2,1-3H3,(H,31,34)/t27-,28+/m0/s1. The molecule has 172 valence electrons. The number of nitrogens with zero attached hydrogens (tertiary/aromatic N) is 3. The molecule has 4 aromatic rings. The van der Waals surface area contributed by atoms with Crippen LogP contribution in [0.25, 0.3) is 0 Å². The average Bonchev–Trinajstić information content (AvgIpc) is 3.36. The van der Waals surface area contributed by atoms with Crippen molar-refractivity contribution in [2.24, 2.45) is 0 Å². The molecule has 0 bridgehead atoms. The summed E-state index contributed by atoms with van der Waals surface area (Å²) in [6, 6.07) is 27.8. The first-order valence-corrected chi connectivity index (χ1v) is 12.3. The van der Waals surface area contributed by atoms with Gasteiger partial charge in [-0.15, -0.1) is 0 Å². The van der Waals surface area contributed by atoms with Crippen LogP contribution in [0.3, 0.4) is 0 Å². The lowest BCUT2D eigenvalue weighted by Crippen LogP contribution is -2.29. The fourth-order valence-corrected chi connectivity index (χ4v) is 5.32. The van der Waals surface area contributed by atoms with Gasteiger partial charge >= 0.3 is 0 Å². The van der Waals surface area contributed by atoms with Gasteiger partial charge in [-0.05, 0) is 79.5 Å². The molecule has 34 heavy (non-hydrogen) atoms. The van der Waals surface area contributed by atoms with Crippen LogP contribution in [0.1, 0.15) is 52.8 Å². The number of aromatic nitrogens is 2. The van der Waals surface area contributed by atoms with Gasteiger partial charge in [-0.3, -0.25) is 4.98 Å². The van der Waals surface area contributed by atoms with E-state index in [-0.39, 0.29) is 12.1 Å². The molecule has 3 heterocycles. The minimum absolute atomic E-state index is 0.00519. The molecule has 1 fully saturated rings. The highest BCUT2D eigenvalue weighted by atomic mass is 32.1. The van der Waals surface area contributed by atoms with Crippen molar-refractivity contribution in [2.45, 2.75) is 45.8 Å². The first kappa shape index (κ1) is 22.4. The Kier molecular flexibility index (Phi) is 6.20. The van der Waals surface area contributed by atoms with Gasteiger partial charge in [0.05, 0.1) is 17.8 Å². The molecule has 1 saturated heterocycles. The van der Waals surface area contributed by atoms with Crippen LogP contribution in [0.2, 0.25) is 0 Å². The maximum Gasteiger partial charge on any atom is 0.174 e. The second-order valence-corrected chi connectivity index (χ2v) is 9.30. The topological polar surface area (TPSA) is 33.1 Å². The highest BCUT2D eigenvalue weighted by molar-refractivity contribution is 7.80. The molecule has 5 rings (SSSR count).